The van der Waals surface area contributed by atoms with Gasteiger partial charge in [-0.2, -0.15) is 0 Å². The van der Waals surface area contributed by atoms with Gasteiger partial charge < -0.3 is 5.32 Å². The van der Waals surface area contributed by atoms with Crippen molar-refractivity contribution < 1.29 is 0 Å². The molecule has 0 spiro atoms. The summed E-state index contributed by atoms with van der Waals surface area (Å²) in [6.07, 6.45) is 5.29. The topological polar surface area (TPSA) is 15.3 Å². The van der Waals surface area contributed by atoms with Crippen molar-refractivity contribution in [3.63, 3.8) is 0 Å². The Morgan fingerprint density at radius 1 is 1.19 bits per heavy atom. The minimum absolute atomic E-state index is 0.466. The predicted molar refractivity (Wildman–Crippen MR) is 90.7 cm³/mol. The fourth-order valence-corrected chi connectivity index (χ4v) is 3.87. The molecule has 2 aliphatic heterocycles. The lowest BCUT2D eigenvalue weighted by Gasteiger charge is -2.29. The monoisotopic (exact) mass is 286 g/mol. The second kappa shape index (κ2) is 6.00. The zero-order valence-corrected chi connectivity index (χ0v) is 13.9. The molecule has 0 aliphatic carbocycles. The van der Waals surface area contributed by atoms with Gasteiger partial charge in [0.1, 0.15) is 0 Å². The van der Waals surface area contributed by atoms with Gasteiger partial charge in [0.2, 0.25) is 0 Å². The van der Waals surface area contributed by atoms with Crippen LogP contribution in [0.1, 0.15) is 51.2 Å². The molecule has 0 amide bonds. The van der Waals surface area contributed by atoms with E-state index in [1.165, 1.54) is 55.6 Å². The lowest BCUT2D eigenvalue weighted by Crippen LogP contribution is -2.26. The zero-order chi connectivity index (χ0) is 14.9. The Labute approximate surface area is 129 Å². The van der Waals surface area contributed by atoms with Crippen LogP contribution in [0.5, 0.6) is 0 Å². The van der Waals surface area contributed by atoms with Crippen molar-refractivity contribution in [3.8, 4) is 0 Å². The summed E-state index contributed by atoms with van der Waals surface area (Å²) in [7, 11) is 0. The fourth-order valence-electron chi connectivity index (χ4n) is 3.87. The molecule has 3 rings (SSSR count). The normalized spacial score (nSPS) is 23.5. The van der Waals surface area contributed by atoms with E-state index in [9.17, 15) is 0 Å². The average molecular weight is 286 g/mol. The van der Waals surface area contributed by atoms with E-state index in [0.29, 0.717) is 5.41 Å². The van der Waals surface area contributed by atoms with Gasteiger partial charge in [0, 0.05) is 18.8 Å². The number of rotatable bonds is 2. The third-order valence-electron chi connectivity index (χ3n) is 5.34. The molecule has 1 atom stereocenters. The molecule has 0 radical (unpaired) electrons. The SMILES string of the molecule is CC(C)(C)C1CCCN(Cc2ccc3c(c2)NCC3)CC1. The van der Waals surface area contributed by atoms with Crippen LogP contribution in [0.15, 0.2) is 18.2 Å². The number of likely N-dealkylation sites (tertiary alicyclic amines) is 1. The van der Waals surface area contributed by atoms with E-state index < -0.39 is 0 Å². The maximum atomic E-state index is 3.50. The van der Waals surface area contributed by atoms with Crippen molar-refractivity contribution in [2.75, 3.05) is 25.0 Å². The summed E-state index contributed by atoms with van der Waals surface area (Å²) < 4.78 is 0. The number of nitrogens with one attached hydrogen (secondary N) is 1. The van der Waals surface area contributed by atoms with Gasteiger partial charge in [0.15, 0.2) is 0 Å². The minimum atomic E-state index is 0.466. The van der Waals surface area contributed by atoms with Crippen LogP contribution in [0.25, 0.3) is 0 Å². The van der Waals surface area contributed by atoms with Gasteiger partial charge >= 0.3 is 0 Å². The Balaban J connectivity index is 1.61. The van der Waals surface area contributed by atoms with Crippen LogP contribution in [-0.4, -0.2) is 24.5 Å². The van der Waals surface area contributed by atoms with Crippen molar-refractivity contribution in [2.45, 2.75) is 53.0 Å². The summed E-state index contributed by atoms with van der Waals surface area (Å²) in [5, 5.41) is 3.50. The second-order valence-electron chi connectivity index (χ2n) is 7.94. The van der Waals surface area contributed by atoms with Gasteiger partial charge in [-0.15, -0.1) is 0 Å². The first-order valence-corrected chi connectivity index (χ1v) is 8.60. The maximum absolute atomic E-state index is 3.50. The number of anilines is 1. The molecule has 1 fully saturated rings. The van der Waals surface area contributed by atoms with Crippen LogP contribution < -0.4 is 5.32 Å². The largest absolute Gasteiger partial charge is 0.384 e. The van der Waals surface area contributed by atoms with Crippen molar-refractivity contribution in [1.29, 1.82) is 0 Å². The fraction of sp³-hybridized carbons (Fsp3) is 0.684. The van der Waals surface area contributed by atoms with Crippen LogP contribution >= 0.6 is 0 Å². The van der Waals surface area contributed by atoms with E-state index in [-0.39, 0.29) is 0 Å². The van der Waals surface area contributed by atoms with E-state index in [0.717, 1.165) is 19.0 Å². The first kappa shape index (κ1) is 14.9. The van der Waals surface area contributed by atoms with E-state index >= 15 is 0 Å². The standard InChI is InChI=1S/C19H30N2/c1-19(2,3)17-5-4-11-21(12-9-17)14-15-6-7-16-8-10-20-18(16)13-15/h6-7,13,17,20H,4-5,8-12,14H2,1-3H3. The molecular formula is C19H30N2. The van der Waals surface area contributed by atoms with Crippen molar-refractivity contribution in [3.05, 3.63) is 29.3 Å². The molecule has 21 heavy (non-hydrogen) atoms. The molecule has 2 nitrogen and oxygen atoms in total. The summed E-state index contributed by atoms with van der Waals surface area (Å²) in [6, 6.07) is 7.02. The van der Waals surface area contributed by atoms with Gasteiger partial charge in [-0.25, -0.2) is 0 Å². The average Bonchev–Trinajstić information content (AvgIpc) is 2.75. The maximum Gasteiger partial charge on any atom is 0.0376 e. The van der Waals surface area contributed by atoms with Gasteiger partial charge in [-0.3, -0.25) is 4.90 Å². The molecule has 1 aromatic rings. The predicted octanol–water partition coefficient (Wildman–Crippen LogP) is 4.30. The van der Waals surface area contributed by atoms with Gasteiger partial charge in [0.05, 0.1) is 0 Å². The third-order valence-corrected chi connectivity index (χ3v) is 5.34. The number of benzene rings is 1. The van der Waals surface area contributed by atoms with Crippen LogP contribution in [-0.2, 0) is 13.0 Å². The molecule has 1 aromatic carbocycles. The van der Waals surface area contributed by atoms with E-state index in [1.54, 1.807) is 0 Å². The van der Waals surface area contributed by atoms with Gasteiger partial charge in [-0.05, 0) is 67.3 Å². The smallest absolute Gasteiger partial charge is 0.0376 e. The highest BCUT2D eigenvalue weighted by molar-refractivity contribution is 5.57. The van der Waals surface area contributed by atoms with Crippen molar-refractivity contribution in [2.24, 2.45) is 11.3 Å². The summed E-state index contributed by atoms with van der Waals surface area (Å²) in [4.78, 5) is 2.66. The summed E-state index contributed by atoms with van der Waals surface area (Å²) in [5.74, 6) is 0.879. The highest BCUT2D eigenvalue weighted by Gasteiger charge is 2.27. The third kappa shape index (κ3) is 3.60. The number of nitrogens with zero attached hydrogens (tertiary/aromatic N) is 1. The quantitative estimate of drug-likeness (QED) is 0.872. The molecule has 1 saturated heterocycles. The lowest BCUT2D eigenvalue weighted by atomic mass is 9.77. The molecule has 2 aliphatic rings. The summed E-state index contributed by atoms with van der Waals surface area (Å²) >= 11 is 0. The van der Waals surface area contributed by atoms with Crippen molar-refractivity contribution >= 4 is 5.69 Å². The Bertz CT molecular complexity index is 487. The summed E-state index contributed by atoms with van der Waals surface area (Å²) in [5.41, 5.74) is 4.79. The Morgan fingerprint density at radius 3 is 2.86 bits per heavy atom. The molecule has 0 bridgehead atoms. The zero-order valence-electron chi connectivity index (χ0n) is 13.9. The first-order chi connectivity index (χ1) is 10.0. The van der Waals surface area contributed by atoms with Crippen molar-refractivity contribution in [1.82, 2.24) is 4.90 Å². The molecule has 0 saturated carbocycles. The highest BCUT2D eigenvalue weighted by atomic mass is 15.1. The number of hydrogen-bond donors (Lipinski definition) is 1. The second-order valence-corrected chi connectivity index (χ2v) is 7.94. The van der Waals surface area contributed by atoms with E-state index in [1.807, 2.05) is 0 Å². The van der Waals surface area contributed by atoms with E-state index in [2.05, 4.69) is 49.2 Å². The van der Waals surface area contributed by atoms with Crippen LogP contribution in [0, 0.1) is 11.3 Å². The van der Waals surface area contributed by atoms with Crippen LogP contribution in [0.4, 0.5) is 5.69 Å². The molecule has 2 heteroatoms. The molecule has 1 N–H and O–H groups in total. The van der Waals surface area contributed by atoms with Crippen LogP contribution in [0.3, 0.4) is 0 Å². The Hall–Kier alpha value is -1.02. The Kier molecular flexibility index (Phi) is 4.26. The number of hydrogen-bond acceptors (Lipinski definition) is 2. The first-order valence-electron chi connectivity index (χ1n) is 8.60. The Morgan fingerprint density at radius 2 is 2.05 bits per heavy atom. The van der Waals surface area contributed by atoms with E-state index in [4.69, 9.17) is 0 Å². The lowest BCUT2D eigenvalue weighted by molar-refractivity contribution is 0.206. The molecule has 0 aromatic heterocycles. The van der Waals surface area contributed by atoms with Gasteiger partial charge in [-0.1, -0.05) is 32.9 Å². The summed E-state index contributed by atoms with van der Waals surface area (Å²) in [6.45, 7) is 11.9. The molecular weight excluding hydrogens is 256 g/mol. The number of fused-ring (bicyclic) bond motifs is 1. The molecule has 116 valence electrons. The van der Waals surface area contributed by atoms with Gasteiger partial charge in [0.25, 0.3) is 0 Å². The molecule has 1 unspecified atom stereocenters. The highest BCUT2D eigenvalue weighted by Crippen LogP contribution is 2.34. The van der Waals surface area contributed by atoms with Crippen LogP contribution in [0.2, 0.25) is 0 Å². The molecule has 2 heterocycles. The minimum Gasteiger partial charge on any atom is -0.384 e.